The van der Waals surface area contributed by atoms with Gasteiger partial charge in [0, 0.05) is 39.3 Å². The van der Waals surface area contributed by atoms with Gasteiger partial charge in [-0.3, -0.25) is 0 Å². The summed E-state index contributed by atoms with van der Waals surface area (Å²) in [5.41, 5.74) is 0. The monoisotopic (exact) mass is 261 g/mol. The number of rotatable bonds is 3. The minimum absolute atomic E-state index is 0.521. The Labute approximate surface area is 104 Å². The Morgan fingerprint density at radius 3 is 2.29 bits per heavy atom. The van der Waals surface area contributed by atoms with Crippen LogP contribution in [-0.4, -0.2) is 56.3 Å². The maximum absolute atomic E-state index is 12.4. The molecule has 2 saturated heterocycles. The number of hydrogen-bond acceptors (Lipinski definition) is 3. The van der Waals surface area contributed by atoms with Crippen LogP contribution in [0.3, 0.4) is 0 Å². The summed E-state index contributed by atoms with van der Waals surface area (Å²) in [5, 5.41) is 3.18. The van der Waals surface area contributed by atoms with Crippen LogP contribution in [0.15, 0.2) is 0 Å². The topological polar surface area (TPSA) is 52.7 Å². The van der Waals surface area contributed by atoms with Crippen molar-refractivity contribution in [1.82, 2.24) is 13.9 Å². The molecule has 2 rings (SSSR count). The third kappa shape index (κ3) is 2.81. The van der Waals surface area contributed by atoms with Gasteiger partial charge in [0.2, 0.25) is 0 Å². The Balaban J connectivity index is 2.01. The van der Waals surface area contributed by atoms with Gasteiger partial charge in [-0.25, -0.2) is 0 Å². The molecule has 17 heavy (non-hydrogen) atoms. The lowest BCUT2D eigenvalue weighted by Crippen LogP contribution is -2.51. The lowest BCUT2D eigenvalue weighted by atomic mass is 9.96. The van der Waals surface area contributed by atoms with Crippen molar-refractivity contribution in [3.05, 3.63) is 0 Å². The fourth-order valence-corrected chi connectivity index (χ4v) is 4.23. The van der Waals surface area contributed by atoms with E-state index in [0.717, 1.165) is 19.5 Å². The summed E-state index contributed by atoms with van der Waals surface area (Å²) in [5.74, 6) is 1.09. The number of hydrogen-bond donors (Lipinski definition) is 1. The van der Waals surface area contributed by atoms with Crippen LogP contribution in [0, 0.1) is 11.8 Å². The quantitative estimate of drug-likeness (QED) is 0.785. The second-order valence-corrected chi connectivity index (χ2v) is 7.24. The zero-order chi connectivity index (χ0) is 12.5. The molecule has 0 aromatic rings. The molecule has 6 heteroatoms. The standard InChI is InChI=1S/C11H23N3O2S/c1-10(2)11-3-6-14(9-11)17(15,16)13-7-4-12-5-8-13/h10-12H,3-9H2,1-2H3. The van der Waals surface area contributed by atoms with Crippen molar-refractivity contribution in [2.75, 3.05) is 39.3 Å². The largest absolute Gasteiger partial charge is 0.314 e. The number of nitrogens with zero attached hydrogens (tertiary/aromatic N) is 2. The molecule has 2 aliphatic rings. The molecule has 100 valence electrons. The summed E-state index contributed by atoms with van der Waals surface area (Å²) >= 11 is 0. The lowest BCUT2D eigenvalue weighted by Gasteiger charge is -2.30. The highest BCUT2D eigenvalue weighted by atomic mass is 32.2. The van der Waals surface area contributed by atoms with Crippen LogP contribution in [0.25, 0.3) is 0 Å². The molecule has 1 unspecified atom stereocenters. The minimum atomic E-state index is -3.20. The summed E-state index contributed by atoms with van der Waals surface area (Å²) in [6.45, 7) is 8.47. The van der Waals surface area contributed by atoms with Crippen LogP contribution in [0.4, 0.5) is 0 Å². The Morgan fingerprint density at radius 1 is 1.12 bits per heavy atom. The molecule has 0 aromatic heterocycles. The molecule has 0 radical (unpaired) electrons. The SMILES string of the molecule is CC(C)C1CCN(S(=O)(=O)N2CCNCC2)C1. The molecule has 0 aromatic carbocycles. The Hall–Kier alpha value is -0.170. The van der Waals surface area contributed by atoms with E-state index in [0.29, 0.717) is 38.0 Å². The highest BCUT2D eigenvalue weighted by Gasteiger charge is 2.36. The van der Waals surface area contributed by atoms with Crippen LogP contribution in [-0.2, 0) is 10.2 Å². The van der Waals surface area contributed by atoms with Crippen molar-refractivity contribution in [3.8, 4) is 0 Å². The van der Waals surface area contributed by atoms with Crippen molar-refractivity contribution in [2.45, 2.75) is 20.3 Å². The first kappa shape index (κ1) is 13.3. The van der Waals surface area contributed by atoms with E-state index in [1.807, 2.05) is 0 Å². The molecular weight excluding hydrogens is 238 g/mol. The maximum Gasteiger partial charge on any atom is 0.282 e. The molecule has 0 saturated carbocycles. The number of nitrogens with one attached hydrogen (secondary N) is 1. The van der Waals surface area contributed by atoms with Gasteiger partial charge in [-0.15, -0.1) is 0 Å². The molecule has 2 aliphatic heterocycles. The molecule has 1 atom stereocenters. The zero-order valence-electron chi connectivity index (χ0n) is 10.7. The average Bonchev–Trinajstić information content (AvgIpc) is 2.80. The highest BCUT2D eigenvalue weighted by Crippen LogP contribution is 2.26. The Bertz CT molecular complexity index is 350. The second kappa shape index (κ2) is 5.22. The summed E-state index contributed by atoms with van der Waals surface area (Å²) < 4.78 is 28.0. The van der Waals surface area contributed by atoms with Crippen LogP contribution in [0.1, 0.15) is 20.3 Å². The van der Waals surface area contributed by atoms with Gasteiger partial charge in [0.1, 0.15) is 0 Å². The van der Waals surface area contributed by atoms with Gasteiger partial charge in [-0.1, -0.05) is 13.8 Å². The highest BCUT2D eigenvalue weighted by molar-refractivity contribution is 7.86. The Kier molecular flexibility index (Phi) is 4.07. The van der Waals surface area contributed by atoms with Crippen LogP contribution in [0.2, 0.25) is 0 Å². The van der Waals surface area contributed by atoms with E-state index in [1.165, 1.54) is 0 Å². The molecular formula is C11H23N3O2S. The maximum atomic E-state index is 12.4. The molecule has 0 amide bonds. The van der Waals surface area contributed by atoms with Gasteiger partial charge in [0.15, 0.2) is 0 Å². The third-order valence-corrected chi connectivity index (χ3v) is 5.86. The minimum Gasteiger partial charge on any atom is -0.314 e. The first-order valence-corrected chi connectivity index (χ1v) is 7.87. The first-order chi connectivity index (χ1) is 8.01. The molecule has 1 N–H and O–H groups in total. The first-order valence-electron chi connectivity index (χ1n) is 6.48. The van der Waals surface area contributed by atoms with Gasteiger partial charge in [0.25, 0.3) is 10.2 Å². The normalized spacial score (nSPS) is 29.0. The predicted octanol–water partition coefficient (Wildman–Crippen LogP) is 0.114. The molecule has 0 bridgehead atoms. The van der Waals surface area contributed by atoms with Crippen molar-refractivity contribution >= 4 is 10.2 Å². The average molecular weight is 261 g/mol. The van der Waals surface area contributed by atoms with Gasteiger partial charge in [0.05, 0.1) is 0 Å². The van der Waals surface area contributed by atoms with Crippen LogP contribution in [0.5, 0.6) is 0 Å². The van der Waals surface area contributed by atoms with E-state index < -0.39 is 10.2 Å². The smallest absolute Gasteiger partial charge is 0.282 e. The predicted molar refractivity (Wildman–Crippen MR) is 67.9 cm³/mol. The van der Waals surface area contributed by atoms with E-state index in [2.05, 4.69) is 19.2 Å². The molecule has 0 spiro atoms. The van der Waals surface area contributed by atoms with E-state index in [9.17, 15) is 8.42 Å². The lowest BCUT2D eigenvalue weighted by molar-refractivity contribution is 0.318. The van der Waals surface area contributed by atoms with Gasteiger partial charge >= 0.3 is 0 Å². The zero-order valence-corrected chi connectivity index (χ0v) is 11.5. The molecule has 2 fully saturated rings. The van der Waals surface area contributed by atoms with Crippen molar-refractivity contribution in [2.24, 2.45) is 11.8 Å². The third-order valence-electron chi connectivity index (χ3n) is 3.86. The molecule has 2 heterocycles. The second-order valence-electron chi connectivity index (χ2n) is 5.31. The summed E-state index contributed by atoms with van der Waals surface area (Å²) in [6, 6.07) is 0. The van der Waals surface area contributed by atoms with Crippen molar-refractivity contribution in [3.63, 3.8) is 0 Å². The van der Waals surface area contributed by atoms with Gasteiger partial charge in [-0.05, 0) is 18.3 Å². The van der Waals surface area contributed by atoms with E-state index in [4.69, 9.17) is 0 Å². The van der Waals surface area contributed by atoms with E-state index in [1.54, 1.807) is 8.61 Å². The van der Waals surface area contributed by atoms with E-state index in [-0.39, 0.29) is 0 Å². The summed E-state index contributed by atoms with van der Waals surface area (Å²) in [7, 11) is -3.20. The summed E-state index contributed by atoms with van der Waals surface area (Å²) in [4.78, 5) is 0. The molecule has 5 nitrogen and oxygen atoms in total. The van der Waals surface area contributed by atoms with E-state index >= 15 is 0 Å². The van der Waals surface area contributed by atoms with Gasteiger partial charge in [-0.2, -0.15) is 17.0 Å². The molecule has 0 aliphatic carbocycles. The Morgan fingerprint density at radius 2 is 1.76 bits per heavy atom. The van der Waals surface area contributed by atoms with Crippen LogP contribution >= 0.6 is 0 Å². The van der Waals surface area contributed by atoms with Gasteiger partial charge < -0.3 is 5.32 Å². The summed E-state index contributed by atoms with van der Waals surface area (Å²) in [6.07, 6.45) is 1.00. The van der Waals surface area contributed by atoms with Crippen molar-refractivity contribution < 1.29 is 8.42 Å². The fraction of sp³-hybridized carbons (Fsp3) is 1.00. The van der Waals surface area contributed by atoms with Crippen LogP contribution < -0.4 is 5.32 Å². The van der Waals surface area contributed by atoms with Crippen molar-refractivity contribution in [1.29, 1.82) is 0 Å². The fourth-order valence-electron chi connectivity index (χ4n) is 2.55. The number of piperazine rings is 1.